The van der Waals surface area contributed by atoms with Crippen LogP contribution in [0.4, 0.5) is 0 Å². The molecule has 0 fully saturated rings. The fourth-order valence-corrected chi connectivity index (χ4v) is 2.53. The lowest BCUT2D eigenvalue weighted by Crippen LogP contribution is -2.03. The zero-order valence-corrected chi connectivity index (χ0v) is 10.5. The Balaban J connectivity index is 2.74. The van der Waals surface area contributed by atoms with Crippen molar-refractivity contribution in [3.63, 3.8) is 0 Å². The molecule has 2 rings (SSSR count). The molecule has 0 N–H and O–H groups in total. The predicted octanol–water partition coefficient (Wildman–Crippen LogP) is 2.20. The summed E-state index contributed by atoms with van der Waals surface area (Å²) in [5.41, 5.74) is 1.02. The van der Waals surface area contributed by atoms with Gasteiger partial charge in [0, 0.05) is 29.8 Å². The SMILES string of the molecule is CS(=O)(=O)c1ncccc1-c1cccnc1Cl. The van der Waals surface area contributed by atoms with Crippen LogP contribution in [0.25, 0.3) is 11.1 Å². The van der Waals surface area contributed by atoms with Crippen LogP contribution in [0.1, 0.15) is 0 Å². The molecule has 0 amide bonds. The van der Waals surface area contributed by atoms with E-state index in [2.05, 4.69) is 9.97 Å². The Labute approximate surface area is 104 Å². The molecule has 6 heteroatoms. The second-order valence-corrected chi connectivity index (χ2v) is 5.76. The maximum absolute atomic E-state index is 11.6. The van der Waals surface area contributed by atoms with Gasteiger partial charge in [-0.1, -0.05) is 11.6 Å². The van der Waals surface area contributed by atoms with E-state index in [0.717, 1.165) is 6.26 Å². The number of halogens is 1. The molecule has 2 heterocycles. The van der Waals surface area contributed by atoms with Crippen molar-refractivity contribution in [2.45, 2.75) is 5.03 Å². The highest BCUT2D eigenvalue weighted by atomic mass is 35.5. The van der Waals surface area contributed by atoms with Crippen molar-refractivity contribution < 1.29 is 8.42 Å². The van der Waals surface area contributed by atoms with Crippen LogP contribution >= 0.6 is 11.6 Å². The second-order valence-electron chi connectivity index (χ2n) is 3.47. The first-order valence-corrected chi connectivity index (χ1v) is 7.03. The number of rotatable bonds is 2. The molecule has 2 aromatic heterocycles. The van der Waals surface area contributed by atoms with E-state index in [-0.39, 0.29) is 10.2 Å². The molecule has 4 nitrogen and oxygen atoms in total. The molecule has 0 saturated carbocycles. The fourth-order valence-electron chi connectivity index (χ4n) is 1.48. The van der Waals surface area contributed by atoms with Crippen molar-refractivity contribution in [2.24, 2.45) is 0 Å². The molecular weight excluding hydrogens is 260 g/mol. The number of sulfone groups is 1. The number of hydrogen-bond acceptors (Lipinski definition) is 4. The maximum atomic E-state index is 11.6. The molecule has 0 spiro atoms. The third-order valence-corrected chi connectivity index (χ3v) is 3.50. The van der Waals surface area contributed by atoms with Crippen LogP contribution in [0, 0.1) is 0 Å². The van der Waals surface area contributed by atoms with Crippen molar-refractivity contribution in [2.75, 3.05) is 6.26 Å². The Hall–Kier alpha value is -1.46. The summed E-state index contributed by atoms with van der Waals surface area (Å²) >= 11 is 5.95. The van der Waals surface area contributed by atoms with Gasteiger partial charge in [-0.15, -0.1) is 0 Å². The van der Waals surface area contributed by atoms with Gasteiger partial charge in [0.15, 0.2) is 14.9 Å². The predicted molar refractivity (Wildman–Crippen MR) is 65.6 cm³/mol. The highest BCUT2D eigenvalue weighted by Crippen LogP contribution is 2.29. The lowest BCUT2D eigenvalue weighted by molar-refractivity contribution is 0.598. The molecule has 0 aliphatic carbocycles. The topological polar surface area (TPSA) is 59.9 Å². The zero-order valence-electron chi connectivity index (χ0n) is 8.96. The van der Waals surface area contributed by atoms with Gasteiger partial charge in [0.1, 0.15) is 5.15 Å². The number of hydrogen-bond donors (Lipinski definition) is 0. The summed E-state index contributed by atoms with van der Waals surface area (Å²) in [4.78, 5) is 7.81. The quantitative estimate of drug-likeness (QED) is 0.784. The Morgan fingerprint density at radius 1 is 1.06 bits per heavy atom. The molecule has 0 unspecified atom stereocenters. The van der Waals surface area contributed by atoms with E-state index >= 15 is 0 Å². The van der Waals surface area contributed by atoms with Crippen molar-refractivity contribution >= 4 is 21.4 Å². The van der Waals surface area contributed by atoms with Crippen LogP contribution in [0.15, 0.2) is 41.7 Å². The summed E-state index contributed by atoms with van der Waals surface area (Å²) in [6, 6.07) is 6.72. The van der Waals surface area contributed by atoms with Gasteiger partial charge in [-0.25, -0.2) is 18.4 Å². The molecule has 0 aliphatic rings. The standard InChI is InChI=1S/C11H9ClN2O2S/c1-17(15,16)11-9(5-3-7-14-11)8-4-2-6-13-10(8)12/h2-7H,1H3. The minimum absolute atomic E-state index is 0.00917. The molecule has 0 aromatic carbocycles. The molecule has 2 aromatic rings. The van der Waals surface area contributed by atoms with Gasteiger partial charge >= 0.3 is 0 Å². The Morgan fingerprint density at radius 3 is 2.24 bits per heavy atom. The summed E-state index contributed by atoms with van der Waals surface area (Å²) in [7, 11) is -3.40. The van der Waals surface area contributed by atoms with E-state index in [0.29, 0.717) is 11.1 Å². The van der Waals surface area contributed by atoms with Crippen LogP contribution < -0.4 is 0 Å². The van der Waals surface area contributed by atoms with Crippen LogP contribution in [-0.2, 0) is 9.84 Å². The van der Waals surface area contributed by atoms with Crippen LogP contribution in [0.5, 0.6) is 0 Å². The summed E-state index contributed by atoms with van der Waals surface area (Å²) in [5.74, 6) is 0. The van der Waals surface area contributed by atoms with E-state index in [4.69, 9.17) is 11.6 Å². The van der Waals surface area contributed by atoms with Crippen LogP contribution in [-0.4, -0.2) is 24.6 Å². The average molecular weight is 269 g/mol. The van der Waals surface area contributed by atoms with E-state index in [1.807, 2.05) is 0 Å². The summed E-state index contributed by atoms with van der Waals surface area (Å²) in [6.07, 6.45) is 4.09. The van der Waals surface area contributed by atoms with E-state index in [1.165, 1.54) is 6.20 Å². The third-order valence-electron chi connectivity index (χ3n) is 2.17. The number of nitrogens with zero attached hydrogens (tertiary/aromatic N) is 2. The first kappa shape index (κ1) is 12.0. The van der Waals surface area contributed by atoms with Crippen LogP contribution in [0.3, 0.4) is 0 Å². The summed E-state index contributed by atoms with van der Waals surface area (Å²) in [5, 5.41) is 0.264. The molecule has 0 saturated heterocycles. The highest BCUT2D eigenvalue weighted by molar-refractivity contribution is 7.90. The lowest BCUT2D eigenvalue weighted by atomic mass is 10.1. The van der Waals surface area contributed by atoms with Crippen molar-refractivity contribution in [3.05, 3.63) is 41.8 Å². The number of pyridine rings is 2. The molecule has 17 heavy (non-hydrogen) atoms. The van der Waals surface area contributed by atoms with Gasteiger partial charge in [0.05, 0.1) is 0 Å². The van der Waals surface area contributed by atoms with E-state index in [9.17, 15) is 8.42 Å². The van der Waals surface area contributed by atoms with E-state index in [1.54, 1.807) is 30.5 Å². The summed E-state index contributed by atoms with van der Waals surface area (Å²) in [6.45, 7) is 0. The minimum Gasteiger partial charge on any atom is -0.244 e. The van der Waals surface area contributed by atoms with Crippen molar-refractivity contribution in [1.82, 2.24) is 9.97 Å². The average Bonchev–Trinajstić information content (AvgIpc) is 2.28. The normalized spacial score (nSPS) is 11.4. The second kappa shape index (κ2) is 4.43. The molecular formula is C11H9ClN2O2S. The Bertz CT molecular complexity index is 656. The lowest BCUT2D eigenvalue weighted by Gasteiger charge is -2.07. The third kappa shape index (κ3) is 2.45. The monoisotopic (exact) mass is 268 g/mol. The van der Waals surface area contributed by atoms with Crippen molar-refractivity contribution in [3.8, 4) is 11.1 Å². The smallest absolute Gasteiger partial charge is 0.193 e. The summed E-state index contributed by atoms with van der Waals surface area (Å²) < 4.78 is 23.2. The van der Waals surface area contributed by atoms with E-state index < -0.39 is 9.84 Å². The van der Waals surface area contributed by atoms with Gasteiger partial charge in [-0.05, 0) is 24.3 Å². The first-order valence-electron chi connectivity index (χ1n) is 4.76. The van der Waals surface area contributed by atoms with Gasteiger partial charge in [-0.2, -0.15) is 0 Å². The van der Waals surface area contributed by atoms with Gasteiger partial charge in [0.25, 0.3) is 0 Å². The maximum Gasteiger partial charge on any atom is 0.193 e. The zero-order chi connectivity index (χ0) is 12.5. The molecule has 0 bridgehead atoms. The molecule has 0 atom stereocenters. The van der Waals surface area contributed by atoms with Gasteiger partial charge < -0.3 is 0 Å². The molecule has 88 valence electrons. The Morgan fingerprint density at radius 2 is 1.65 bits per heavy atom. The highest BCUT2D eigenvalue weighted by Gasteiger charge is 2.17. The fraction of sp³-hybridized carbons (Fsp3) is 0.0909. The molecule has 0 radical (unpaired) electrons. The first-order chi connectivity index (χ1) is 8.00. The van der Waals surface area contributed by atoms with Crippen LogP contribution in [0.2, 0.25) is 5.15 Å². The number of aromatic nitrogens is 2. The van der Waals surface area contributed by atoms with Crippen molar-refractivity contribution in [1.29, 1.82) is 0 Å². The van der Waals surface area contributed by atoms with Gasteiger partial charge in [0.2, 0.25) is 0 Å². The largest absolute Gasteiger partial charge is 0.244 e. The molecule has 0 aliphatic heterocycles. The van der Waals surface area contributed by atoms with Gasteiger partial charge in [-0.3, -0.25) is 0 Å². The minimum atomic E-state index is -3.40. The Kier molecular flexibility index (Phi) is 3.13.